The first kappa shape index (κ1) is 23.3. The quantitative estimate of drug-likeness (QED) is 0.460. The number of nitrogens with two attached hydrogens (primary N) is 1. The van der Waals surface area contributed by atoms with Gasteiger partial charge in [0.05, 0.1) is 11.4 Å². The summed E-state index contributed by atoms with van der Waals surface area (Å²) >= 11 is 1.54. The van der Waals surface area contributed by atoms with Crippen LogP contribution in [0.5, 0.6) is 11.5 Å². The van der Waals surface area contributed by atoms with Crippen molar-refractivity contribution in [3.8, 4) is 11.5 Å². The summed E-state index contributed by atoms with van der Waals surface area (Å²) in [6.45, 7) is 2.05. The summed E-state index contributed by atoms with van der Waals surface area (Å²) in [5.41, 5.74) is 3.22. The normalized spacial score (nSPS) is 21.2. The fourth-order valence-electron chi connectivity index (χ4n) is 3.99. The molecule has 2 aromatic carbocycles. The maximum absolute atomic E-state index is 13.0. The number of rotatable bonds is 7. The second kappa shape index (κ2) is 9.55. The molecule has 0 saturated carbocycles. The second-order valence-electron chi connectivity index (χ2n) is 7.68. The van der Waals surface area contributed by atoms with Crippen molar-refractivity contribution in [2.75, 3.05) is 21.0 Å². The molecule has 0 aliphatic carbocycles. The van der Waals surface area contributed by atoms with Crippen LogP contribution in [0.2, 0.25) is 0 Å². The van der Waals surface area contributed by atoms with Gasteiger partial charge in [0, 0.05) is 25.0 Å². The van der Waals surface area contributed by atoms with Gasteiger partial charge in [-0.1, -0.05) is 24.3 Å². The van der Waals surface area contributed by atoms with Crippen LogP contribution >= 0.6 is 19.4 Å². The summed E-state index contributed by atoms with van der Waals surface area (Å²) in [5, 5.41) is -0.372. The molecule has 32 heavy (non-hydrogen) atoms. The minimum atomic E-state index is -3.16. The van der Waals surface area contributed by atoms with Crippen LogP contribution < -0.4 is 15.4 Å². The molecule has 2 aromatic rings. The lowest BCUT2D eigenvalue weighted by Gasteiger charge is -2.26. The number of ketones is 1. The number of carbonyl (C=O) groups excluding carboxylic acids is 1. The second-order valence-corrected chi connectivity index (χ2v) is 11.5. The Morgan fingerprint density at radius 2 is 1.81 bits per heavy atom. The van der Waals surface area contributed by atoms with E-state index in [0.29, 0.717) is 23.5 Å². The first-order valence-corrected chi connectivity index (χ1v) is 12.8. The lowest BCUT2D eigenvalue weighted by molar-refractivity contribution is 0.0510. The molecular weight excluding hydrogens is 453 g/mol. The molecule has 4 rings (SSSR count). The smallest absolute Gasteiger partial charge is 0.334 e. The van der Waals surface area contributed by atoms with E-state index in [2.05, 4.69) is 0 Å². The standard InChI is InChI=1S/C22H26NO7PS/c1-13-21(24)17-10-19-18(28-12-29-19)8-16(17)9-20(32-13)22(30-23)15-6-4-14(5-7-15)11-31(25,26-2)27-3/h4-8,10,13,20,22H,9,11-12,23H2,1-3H3. The Labute approximate surface area is 191 Å². The number of Topliss-reactive ketones (excluding diaryl/α,β-unsaturated/α-hetero) is 1. The summed E-state index contributed by atoms with van der Waals surface area (Å²) in [6.07, 6.45) is 0.301. The Bertz CT molecular complexity index is 1040. The number of fused-ring (bicyclic) bond motifs is 2. The lowest BCUT2D eigenvalue weighted by Crippen LogP contribution is -2.25. The van der Waals surface area contributed by atoms with Gasteiger partial charge < -0.3 is 18.5 Å². The van der Waals surface area contributed by atoms with Gasteiger partial charge in [-0.3, -0.25) is 14.2 Å². The van der Waals surface area contributed by atoms with E-state index in [4.69, 9.17) is 29.3 Å². The molecule has 172 valence electrons. The average Bonchev–Trinajstić information content (AvgIpc) is 3.22. The van der Waals surface area contributed by atoms with E-state index in [1.54, 1.807) is 6.07 Å². The predicted octanol–water partition coefficient (Wildman–Crippen LogP) is 4.26. The van der Waals surface area contributed by atoms with Crippen LogP contribution in [0.25, 0.3) is 0 Å². The van der Waals surface area contributed by atoms with Crippen molar-refractivity contribution in [3.05, 3.63) is 58.7 Å². The van der Waals surface area contributed by atoms with Crippen LogP contribution in [0.4, 0.5) is 0 Å². The van der Waals surface area contributed by atoms with Gasteiger partial charge in [0.15, 0.2) is 17.3 Å². The van der Waals surface area contributed by atoms with Gasteiger partial charge in [0.2, 0.25) is 6.79 Å². The van der Waals surface area contributed by atoms with Crippen LogP contribution in [0.3, 0.4) is 0 Å². The van der Waals surface area contributed by atoms with Gasteiger partial charge in [-0.15, -0.1) is 11.8 Å². The SMILES string of the molecule is COP(=O)(Cc1ccc(C(ON)C2Cc3cc4c(cc3C(=O)C(C)S2)OCO4)cc1)OC. The number of hydrogen-bond acceptors (Lipinski definition) is 9. The highest BCUT2D eigenvalue weighted by molar-refractivity contribution is 8.01. The summed E-state index contributed by atoms with van der Waals surface area (Å²) < 4.78 is 33.4. The molecule has 0 radical (unpaired) electrons. The lowest BCUT2D eigenvalue weighted by atomic mass is 9.94. The van der Waals surface area contributed by atoms with E-state index in [1.807, 2.05) is 37.3 Å². The third-order valence-electron chi connectivity index (χ3n) is 5.76. The average molecular weight is 479 g/mol. The van der Waals surface area contributed by atoms with Gasteiger partial charge in [-0.2, -0.15) is 0 Å². The maximum atomic E-state index is 13.0. The zero-order valence-corrected chi connectivity index (χ0v) is 19.8. The number of carbonyl (C=O) groups is 1. The summed E-state index contributed by atoms with van der Waals surface area (Å²) in [5.74, 6) is 7.02. The summed E-state index contributed by atoms with van der Waals surface area (Å²) in [6, 6.07) is 11.1. The van der Waals surface area contributed by atoms with Crippen molar-refractivity contribution in [1.82, 2.24) is 0 Å². The molecule has 10 heteroatoms. The minimum absolute atomic E-state index is 0.0480. The Morgan fingerprint density at radius 1 is 1.16 bits per heavy atom. The van der Waals surface area contributed by atoms with Gasteiger partial charge in [-0.05, 0) is 42.2 Å². The highest BCUT2D eigenvalue weighted by Crippen LogP contribution is 2.50. The molecule has 0 spiro atoms. The summed E-state index contributed by atoms with van der Waals surface area (Å²) in [7, 11) is -0.423. The topological polar surface area (TPSA) is 106 Å². The molecule has 0 saturated heterocycles. The van der Waals surface area contributed by atoms with Crippen molar-refractivity contribution < 1.29 is 32.7 Å². The van der Waals surface area contributed by atoms with Crippen LogP contribution in [-0.4, -0.2) is 37.3 Å². The fourth-order valence-corrected chi connectivity index (χ4v) is 6.47. The molecule has 0 bridgehead atoms. The zero-order valence-electron chi connectivity index (χ0n) is 18.1. The highest BCUT2D eigenvalue weighted by Gasteiger charge is 2.35. The molecular formula is C22H26NO7PS. The zero-order chi connectivity index (χ0) is 22.9. The van der Waals surface area contributed by atoms with Crippen LogP contribution in [0.1, 0.15) is 40.1 Å². The van der Waals surface area contributed by atoms with Crippen molar-refractivity contribution >= 4 is 25.1 Å². The number of ether oxygens (including phenoxy) is 2. The molecule has 3 unspecified atom stereocenters. The molecule has 0 aromatic heterocycles. The van der Waals surface area contributed by atoms with Gasteiger partial charge in [-0.25, -0.2) is 5.90 Å². The Hall–Kier alpha value is -1.87. The molecule has 0 fully saturated rings. The molecule has 2 heterocycles. The molecule has 0 amide bonds. The van der Waals surface area contributed by atoms with Crippen molar-refractivity contribution in [3.63, 3.8) is 0 Å². The molecule has 3 atom stereocenters. The minimum Gasteiger partial charge on any atom is -0.454 e. The number of benzene rings is 2. The van der Waals surface area contributed by atoms with Crippen molar-refractivity contribution in [2.45, 2.75) is 36.1 Å². The van der Waals surface area contributed by atoms with Gasteiger partial charge in [0.25, 0.3) is 0 Å². The Morgan fingerprint density at radius 3 is 2.44 bits per heavy atom. The van der Waals surface area contributed by atoms with E-state index in [1.165, 1.54) is 26.0 Å². The van der Waals surface area contributed by atoms with E-state index < -0.39 is 13.7 Å². The third kappa shape index (κ3) is 4.59. The van der Waals surface area contributed by atoms with Crippen LogP contribution in [0, 0.1) is 0 Å². The van der Waals surface area contributed by atoms with Crippen molar-refractivity contribution in [1.29, 1.82) is 0 Å². The largest absolute Gasteiger partial charge is 0.454 e. The van der Waals surface area contributed by atoms with Gasteiger partial charge >= 0.3 is 7.60 Å². The monoisotopic (exact) mass is 479 g/mol. The van der Waals surface area contributed by atoms with Gasteiger partial charge in [0.1, 0.15) is 6.10 Å². The van der Waals surface area contributed by atoms with Crippen LogP contribution in [0.15, 0.2) is 36.4 Å². The first-order valence-electron chi connectivity index (χ1n) is 10.1. The molecule has 2 N–H and O–H groups in total. The fraction of sp³-hybridized carbons (Fsp3) is 0.409. The molecule has 8 nitrogen and oxygen atoms in total. The number of thioether (sulfide) groups is 1. The Balaban J connectivity index is 1.60. The van der Waals surface area contributed by atoms with E-state index in [-0.39, 0.29) is 29.2 Å². The highest BCUT2D eigenvalue weighted by atomic mass is 32.2. The maximum Gasteiger partial charge on any atom is 0.334 e. The van der Waals surface area contributed by atoms with Crippen molar-refractivity contribution in [2.24, 2.45) is 5.90 Å². The first-order chi connectivity index (χ1) is 15.4. The Kier molecular flexibility index (Phi) is 6.95. The van der Waals surface area contributed by atoms with Crippen LogP contribution in [-0.2, 0) is 31.0 Å². The summed E-state index contributed by atoms with van der Waals surface area (Å²) in [4.78, 5) is 18.4. The van der Waals surface area contributed by atoms with E-state index >= 15 is 0 Å². The predicted molar refractivity (Wildman–Crippen MR) is 121 cm³/mol. The molecule has 2 aliphatic rings. The third-order valence-corrected chi connectivity index (χ3v) is 9.01. The van der Waals surface area contributed by atoms with E-state index in [9.17, 15) is 9.36 Å². The van der Waals surface area contributed by atoms with E-state index in [0.717, 1.165) is 16.7 Å². The molecule has 2 aliphatic heterocycles. The number of hydrogen-bond donors (Lipinski definition) is 1.